The highest BCUT2D eigenvalue weighted by molar-refractivity contribution is 5.82. The van der Waals surface area contributed by atoms with Gasteiger partial charge in [-0.2, -0.15) is 0 Å². The van der Waals surface area contributed by atoms with Crippen molar-refractivity contribution in [2.24, 2.45) is 5.73 Å². The zero-order chi connectivity index (χ0) is 9.40. The maximum atomic E-state index is 10.8. The highest BCUT2D eigenvalue weighted by Gasteiger charge is 1.96. The summed E-state index contributed by atoms with van der Waals surface area (Å²) in [6.45, 7) is 4.19. The molecule has 0 saturated heterocycles. The van der Waals surface area contributed by atoms with Crippen molar-refractivity contribution in [3.8, 4) is 0 Å². The first-order valence-corrected chi connectivity index (χ1v) is 3.85. The predicted molar refractivity (Wildman–Crippen MR) is 45.1 cm³/mol. The van der Waals surface area contributed by atoms with Crippen LogP contribution in [-0.2, 0) is 14.3 Å². The van der Waals surface area contributed by atoms with Crippen molar-refractivity contribution >= 4 is 5.97 Å². The van der Waals surface area contributed by atoms with E-state index in [2.05, 4.69) is 4.74 Å². The van der Waals surface area contributed by atoms with E-state index in [9.17, 15) is 4.79 Å². The summed E-state index contributed by atoms with van der Waals surface area (Å²) in [4.78, 5) is 10.8. The van der Waals surface area contributed by atoms with E-state index in [1.54, 1.807) is 6.92 Å². The number of hydrogen-bond acceptors (Lipinski definition) is 4. The molecule has 0 atom stereocenters. The summed E-state index contributed by atoms with van der Waals surface area (Å²) >= 11 is 0. The molecule has 2 N–H and O–H groups in total. The summed E-state index contributed by atoms with van der Waals surface area (Å²) in [5.41, 5.74) is 5.67. The Morgan fingerprint density at radius 1 is 1.58 bits per heavy atom. The molecule has 4 heteroatoms. The first-order chi connectivity index (χ1) is 5.66. The smallest absolute Gasteiger partial charge is 0.334 e. The minimum Gasteiger partial charge on any atom is -0.435 e. The lowest BCUT2D eigenvalue weighted by molar-refractivity contribution is -0.150. The number of carbonyl (C=O) groups is 1. The number of ether oxygens (including phenoxy) is 2. The number of rotatable bonds is 5. The first-order valence-electron chi connectivity index (χ1n) is 3.85. The van der Waals surface area contributed by atoms with E-state index in [0.717, 1.165) is 6.42 Å². The minimum atomic E-state index is -0.467. The van der Waals surface area contributed by atoms with E-state index in [4.69, 9.17) is 10.5 Å². The van der Waals surface area contributed by atoms with Crippen LogP contribution < -0.4 is 5.73 Å². The van der Waals surface area contributed by atoms with Crippen molar-refractivity contribution in [2.45, 2.75) is 20.3 Å². The number of carbonyl (C=O) groups excluding carboxylic acids is 1. The number of hydrogen-bond donors (Lipinski definition) is 1. The van der Waals surface area contributed by atoms with Gasteiger partial charge in [0.25, 0.3) is 0 Å². The van der Waals surface area contributed by atoms with Gasteiger partial charge in [0.2, 0.25) is 0 Å². The Balaban J connectivity index is 3.39. The Kier molecular flexibility index (Phi) is 6.09. The van der Waals surface area contributed by atoms with Gasteiger partial charge in [-0.25, -0.2) is 4.79 Å². The van der Waals surface area contributed by atoms with Gasteiger partial charge < -0.3 is 15.2 Å². The maximum absolute atomic E-state index is 10.8. The molecule has 0 aliphatic carbocycles. The predicted octanol–water partition coefficient (Wildman–Crippen LogP) is 0.776. The molecule has 0 heterocycles. The molecule has 0 bridgehead atoms. The summed E-state index contributed by atoms with van der Waals surface area (Å²) in [5, 5.41) is 0. The van der Waals surface area contributed by atoms with Crippen molar-refractivity contribution in [3.05, 3.63) is 11.8 Å². The van der Waals surface area contributed by atoms with E-state index in [-0.39, 0.29) is 6.79 Å². The second-order valence-corrected chi connectivity index (χ2v) is 2.38. The van der Waals surface area contributed by atoms with E-state index in [0.29, 0.717) is 12.3 Å². The van der Waals surface area contributed by atoms with Crippen LogP contribution in [0.25, 0.3) is 0 Å². The van der Waals surface area contributed by atoms with Crippen LogP contribution in [0.3, 0.4) is 0 Å². The van der Waals surface area contributed by atoms with Crippen molar-refractivity contribution in [2.75, 3.05) is 13.4 Å². The molecule has 0 unspecified atom stereocenters. The van der Waals surface area contributed by atoms with Crippen LogP contribution in [0.4, 0.5) is 0 Å². The summed E-state index contributed by atoms with van der Waals surface area (Å²) in [6, 6.07) is 0. The first kappa shape index (κ1) is 11.0. The van der Waals surface area contributed by atoms with Gasteiger partial charge in [0.05, 0.1) is 6.61 Å². The molecule has 12 heavy (non-hydrogen) atoms. The molecule has 70 valence electrons. The quantitative estimate of drug-likeness (QED) is 0.289. The number of esters is 1. The second kappa shape index (κ2) is 6.67. The highest BCUT2D eigenvalue weighted by atomic mass is 16.7. The molecule has 0 saturated carbocycles. The van der Waals surface area contributed by atoms with E-state index in [1.165, 1.54) is 6.08 Å². The molecular formula is C8H15NO3. The fourth-order valence-corrected chi connectivity index (χ4v) is 0.531. The SMILES string of the molecule is CCCOCOC(=O)/C=C(/C)N. The monoisotopic (exact) mass is 173 g/mol. The van der Waals surface area contributed by atoms with Gasteiger partial charge in [-0.15, -0.1) is 0 Å². The molecule has 0 aliphatic rings. The molecule has 0 aromatic carbocycles. The summed E-state index contributed by atoms with van der Waals surface area (Å²) in [5.74, 6) is -0.467. The van der Waals surface area contributed by atoms with Gasteiger partial charge in [0, 0.05) is 11.8 Å². The zero-order valence-corrected chi connectivity index (χ0v) is 7.50. The van der Waals surface area contributed by atoms with Crippen molar-refractivity contribution in [1.82, 2.24) is 0 Å². The van der Waals surface area contributed by atoms with Crippen LogP contribution in [-0.4, -0.2) is 19.4 Å². The van der Waals surface area contributed by atoms with E-state index >= 15 is 0 Å². The average Bonchev–Trinajstić information content (AvgIpc) is 1.97. The molecule has 0 rings (SSSR count). The van der Waals surface area contributed by atoms with Gasteiger partial charge in [-0.1, -0.05) is 6.92 Å². The Morgan fingerprint density at radius 3 is 2.75 bits per heavy atom. The van der Waals surface area contributed by atoms with Crippen LogP contribution in [0.5, 0.6) is 0 Å². The van der Waals surface area contributed by atoms with Crippen LogP contribution in [0, 0.1) is 0 Å². The standard InChI is InChI=1S/C8H15NO3/c1-3-4-11-6-12-8(10)5-7(2)9/h5H,3-4,6,9H2,1-2H3/b7-5-. The van der Waals surface area contributed by atoms with Crippen molar-refractivity contribution in [3.63, 3.8) is 0 Å². The lowest BCUT2D eigenvalue weighted by Gasteiger charge is -2.01. The third-order valence-corrected chi connectivity index (χ3v) is 0.979. The molecule has 0 radical (unpaired) electrons. The van der Waals surface area contributed by atoms with Gasteiger partial charge in [0.15, 0.2) is 6.79 Å². The molecule has 0 fully saturated rings. The van der Waals surface area contributed by atoms with Crippen molar-refractivity contribution < 1.29 is 14.3 Å². The highest BCUT2D eigenvalue weighted by Crippen LogP contribution is 1.87. The van der Waals surface area contributed by atoms with Gasteiger partial charge in [-0.05, 0) is 13.3 Å². The Labute approximate surface area is 72.3 Å². The van der Waals surface area contributed by atoms with Gasteiger partial charge in [0.1, 0.15) is 0 Å². The Morgan fingerprint density at radius 2 is 2.25 bits per heavy atom. The molecule has 0 aromatic rings. The molecular weight excluding hydrogens is 158 g/mol. The normalized spacial score (nSPS) is 11.3. The molecule has 0 spiro atoms. The number of allylic oxidation sites excluding steroid dienone is 1. The fraction of sp³-hybridized carbons (Fsp3) is 0.625. The lowest BCUT2D eigenvalue weighted by atomic mass is 10.4. The number of nitrogens with two attached hydrogens (primary N) is 1. The van der Waals surface area contributed by atoms with Crippen molar-refractivity contribution in [1.29, 1.82) is 0 Å². The third-order valence-electron chi connectivity index (χ3n) is 0.979. The second-order valence-electron chi connectivity index (χ2n) is 2.38. The van der Waals surface area contributed by atoms with E-state index < -0.39 is 5.97 Å². The van der Waals surface area contributed by atoms with Crippen LogP contribution in [0.1, 0.15) is 20.3 Å². The fourth-order valence-electron chi connectivity index (χ4n) is 0.531. The van der Waals surface area contributed by atoms with Gasteiger partial charge >= 0.3 is 5.97 Å². The zero-order valence-electron chi connectivity index (χ0n) is 7.50. The summed E-state index contributed by atoms with van der Waals surface area (Å²) < 4.78 is 9.56. The molecule has 4 nitrogen and oxygen atoms in total. The van der Waals surface area contributed by atoms with E-state index in [1.807, 2.05) is 6.92 Å². The average molecular weight is 173 g/mol. The third kappa shape index (κ3) is 7.08. The van der Waals surface area contributed by atoms with Crippen LogP contribution >= 0.6 is 0 Å². The minimum absolute atomic E-state index is 0.00352. The summed E-state index contributed by atoms with van der Waals surface area (Å²) in [7, 11) is 0. The lowest BCUT2D eigenvalue weighted by Crippen LogP contribution is -2.08. The maximum Gasteiger partial charge on any atom is 0.334 e. The molecule has 0 aliphatic heterocycles. The molecule has 0 amide bonds. The largest absolute Gasteiger partial charge is 0.435 e. The summed E-state index contributed by atoms with van der Waals surface area (Å²) in [6.07, 6.45) is 2.12. The molecule has 0 aromatic heterocycles. The van der Waals surface area contributed by atoms with Gasteiger partial charge in [-0.3, -0.25) is 0 Å². The Bertz CT molecular complexity index is 162. The Hall–Kier alpha value is -1.03. The van der Waals surface area contributed by atoms with Crippen LogP contribution in [0.2, 0.25) is 0 Å². The topological polar surface area (TPSA) is 61.5 Å². The van der Waals surface area contributed by atoms with Crippen LogP contribution in [0.15, 0.2) is 11.8 Å².